The van der Waals surface area contributed by atoms with Crippen LogP contribution in [0.15, 0.2) is 30.6 Å². The first kappa shape index (κ1) is 14.8. The summed E-state index contributed by atoms with van der Waals surface area (Å²) in [6, 6.07) is 6.64. The van der Waals surface area contributed by atoms with Gasteiger partial charge in [0, 0.05) is 36.6 Å². The van der Waals surface area contributed by atoms with Gasteiger partial charge < -0.3 is 9.88 Å². The van der Waals surface area contributed by atoms with E-state index in [2.05, 4.69) is 67.7 Å². The minimum atomic E-state index is 0.145. The molecular formula is C17H25N3. The zero-order valence-corrected chi connectivity index (χ0v) is 13.2. The molecule has 20 heavy (non-hydrogen) atoms. The molecule has 2 aromatic rings. The second-order valence-corrected chi connectivity index (χ2v) is 6.29. The summed E-state index contributed by atoms with van der Waals surface area (Å²) in [7, 11) is 0. The second kappa shape index (κ2) is 5.80. The molecule has 108 valence electrons. The van der Waals surface area contributed by atoms with E-state index in [0.717, 1.165) is 18.8 Å². The van der Waals surface area contributed by atoms with E-state index in [0.29, 0.717) is 0 Å². The predicted molar refractivity (Wildman–Crippen MR) is 84.3 cm³/mol. The lowest BCUT2D eigenvalue weighted by Crippen LogP contribution is -2.35. The molecule has 0 radical (unpaired) electrons. The van der Waals surface area contributed by atoms with Crippen molar-refractivity contribution in [1.82, 2.24) is 14.9 Å². The Labute approximate surface area is 122 Å². The summed E-state index contributed by atoms with van der Waals surface area (Å²) < 4.78 is 2.18. The lowest BCUT2D eigenvalue weighted by atomic mass is 10.1. The van der Waals surface area contributed by atoms with Crippen molar-refractivity contribution >= 4 is 0 Å². The van der Waals surface area contributed by atoms with Gasteiger partial charge in [-0.3, -0.25) is 0 Å². The highest BCUT2D eigenvalue weighted by atomic mass is 15.1. The van der Waals surface area contributed by atoms with E-state index in [1.54, 1.807) is 0 Å². The fraction of sp³-hybridized carbons (Fsp3) is 0.471. The van der Waals surface area contributed by atoms with Crippen molar-refractivity contribution in [3.05, 3.63) is 47.5 Å². The van der Waals surface area contributed by atoms with Crippen LogP contribution in [0, 0.1) is 6.92 Å². The molecule has 1 aromatic carbocycles. The van der Waals surface area contributed by atoms with Gasteiger partial charge in [-0.25, -0.2) is 4.98 Å². The van der Waals surface area contributed by atoms with Gasteiger partial charge in [-0.2, -0.15) is 0 Å². The SMILES string of the molecule is CCc1nccn1-c1ccc(CNC(C)(C)C)cc1C. The first-order chi connectivity index (χ1) is 9.40. The van der Waals surface area contributed by atoms with Crippen molar-refractivity contribution in [1.29, 1.82) is 0 Å². The van der Waals surface area contributed by atoms with Crippen LogP contribution in [0.4, 0.5) is 0 Å². The van der Waals surface area contributed by atoms with Gasteiger partial charge in [0.05, 0.1) is 0 Å². The molecule has 1 heterocycles. The molecule has 3 heteroatoms. The number of nitrogens with one attached hydrogen (secondary N) is 1. The Bertz CT molecular complexity index is 576. The number of nitrogens with zero attached hydrogens (tertiary/aromatic N) is 2. The first-order valence-corrected chi connectivity index (χ1v) is 7.28. The minimum Gasteiger partial charge on any atom is -0.308 e. The average molecular weight is 271 g/mol. The second-order valence-electron chi connectivity index (χ2n) is 6.29. The van der Waals surface area contributed by atoms with E-state index in [1.807, 2.05) is 12.4 Å². The first-order valence-electron chi connectivity index (χ1n) is 7.28. The third-order valence-corrected chi connectivity index (χ3v) is 3.38. The van der Waals surface area contributed by atoms with Gasteiger partial charge in [0.25, 0.3) is 0 Å². The molecule has 0 fully saturated rings. The van der Waals surface area contributed by atoms with E-state index in [1.165, 1.54) is 16.8 Å². The number of aromatic nitrogens is 2. The van der Waals surface area contributed by atoms with Crippen molar-refractivity contribution in [2.45, 2.75) is 53.1 Å². The highest BCUT2D eigenvalue weighted by Crippen LogP contribution is 2.18. The molecule has 0 aliphatic carbocycles. The summed E-state index contributed by atoms with van der Waals surface area (Å²) in [5.41, 5.74) is 3.97. The number of imidazole rings is 1. The Kier molecular flexibility index (Phi) is 4.29. The molecule has 0 amide bonds. The molecule has 0 atom stereocenters. The standard InChI is InChI=1S/C17H25N3/c1-6-16-18-9-10-20(16)15-8-7-14(11-13(15)2)12-19-17(3,4)5/h7-11,19H,6,12H2,1-5H3. The monoisotopic (exact) mass is 271 g/mol. The summed E-state index contributed by atoms with van der Waals surface area (Å²) in [6.45, 7) is 11.8. The number of hydrogen-bond donors (Lipinski definition) is 1. The molecule has 1 aromatic heterocycles. The molecular weight excluding hydrogens is 246 g/mol. The number of hydrogen-bond acceptors (Lipinski definition) is 2. The van der Waals surface area contributed by atoms with Gasteiger partial charge in [-0.15, -0.1) is 0 Å². The Hall–Kier alpha value is -1.61. The van der Waals surface area contributed by atoms with Crippen molar-refractivity contribution in [2.75, 3.05) is 0 Å². The zero-order valence-electron chi connectivity index (χ0n) is 13.2. The summed E-state index contributed by atoms with van der Waals surface area (Å²) in [5, 5.41) is 3.52. The van der Waals surface area contributed by atoms with Crippen molar-refractivity contribution in [3.63, 3.8) is 0 Å². The Morgan fingerprint density at radius 3 is 2.60 bits per heavy atom. The molecule has 0 saturated carbocycles. The topological polar surface area (TPSA) is 29.9 Å². The van der Waals surface area contributed by atoms with Crippen LogP contribution in [-0.2, 0) is 13.0 Å². The van der Waals surface area contributed by atoms with Crippen molar-refractivity contribution in [2.24, 2.45) is 0 Å². The smallest absolute Gasteiger partial charge is 0.112 e. The van der Waals surface area contributed by atoms with Gasteiger partial charge in [0.2, 0.25) is 0 Å². The Balaban J connectivity index is 2.22. The summed E-state index contributed by atoms with van der Waals surface area (Å²) in [4.78, 5) is 4.39. The summed E-state index contributed by atoms with van der Waals surface area (Å²) in [6.07, 6.45) is 4.85. The van der Waals surface area contributed by atoms with Crippen LogP contribution in [0.5, 0.6) is 0 Å². The number of benzene rings is 1. The fourth-order valence-electron chi connectivity index (χ4n) is 2.28. The largest absolute Gasteiger partial charge is 0.308 e. The van der Waals surface area contributed by atoms with Crippen LogP contribution in [0.2, 0.25) is 0 Å². The molecule has 0 bridgehead atoms. The van der Waals surface area contributed by atoms with Gasteiger partial charge in [0.1, 0.15) is 5.82 Å². The van der Waals surface area contributed by atoms with Crippen LogP contribution in [-0.4, -0.2) is 15.1 Å². The molecule has 2 rings (SSSR count). The van der Waals surface area contributed by atoms with E-state index in [4.69, 9.17) is 0 Å². The maximum Gasteiger partial charge on any atom is 0.112 e. The van der Waals surface area contributed by atoms with E-state index in [-0.39, 0.29) is 5.54 Å². The van der Waals surface area contributed by atoms with Gasteiger partial charge in [-0.05, 0) is 44.9 Å². The van der Waals surface area contributed by atoms with Gasteiger partial charge in [0.15, 0.2) is 0 Å². The molecule has 3 nitrogen and oxygen atoms in total. The van der Waals surface area contributed by atoms with Crippen LogP contribution in [0.1, 0.15) is 44.6 Å². The quantitative estimate of drug-likeness (QED) is 0.920. The van der Waals surface area contributed by atoms with Crippen LogP contribution < -0.4 is 5.32 Å². The van der Waals surface area contributed by atoms with Gasteiger partial charge >= 0.3 is 0 Å². The van der Waals surface area contributed by atoms with Crippen LogP contribution in [0.25, 0.3) is 5.69 Å². The molecule has 0 saturated heterocycles. The van der Waals surface area contributed by atoms with Crippen molar-refractivity contribution in [3.8, 4) is 5.69 Å². The highest BCUT2D eigenvalue weighted by molar-refractivity contribution is 5.43. The highest BCUT2D eigenvalue weighted by Gasteiger charge is 2.10. The Morgan fingerprint density at radius 1 is 1.25 bits per heavy atom. The van der Waals surface area contributed by atoms with Crippen LogP contribution >= 0.6 is 0 Å². The maximum absolute atomic E-state index is 4.39. The summed E-state index contributed by atoms with van der Waals surface area (Å²) >= 11 is 0. The fourth-order valence-corrected chi connectivity index (χ4v) is 2.28. The number of aryl methyl sites for hydroxylation is 2. The molecule has 0 aliphatic rings. The molecule has 1 N–H and O–H groups in total. The summed E-state index contributed by atoms with van der Waals surface area (Å²) in [5.74, 6) is 1.11. The third-order valence-electron chi connectivity index (χ3n) is 3.38. The minimum absolute atomic E-state index is 0.145. The molecule has 0 unspecified atom stereocenters. The lowest BCUT2D eigenvalue weighted by Gasteiger charge is -2.21. The molecule has 0 spiro atoms. The normalized spacial score (nSPS) is 11.8. The predicted octanol–water partition coefficient (Wildman–Crippen LogP) is 3.63. The van der Waals surface area contributed by atoms with E-state index >= 15 is 0 Å². The van der Waals surface area contributed by atoms with Crippen molar-refractivity contribution < 1.29 is 0 Å². The van der Waals surface area contributed by atoms with E-state index < -0.39 is 0 Å². The maximum atomic E-state index is 4.39. The van der Waals surface area contributed by atoms with E-state index in [9.17, 15) is 0 Å². The Morgan fingerprint density at radius 2 is 2.00 bits per heavy atom. The third kappa shape index (κ3) is 3.48. The molecule has 0 aliphatic heterocycles. The van der Waals surface area contributed by atoms with Crippen LogP contribution in [0.3, 0.4) is 0 Å². The lowest BCUT2D eigenvalue weighted by molar-refractivity contribution is 0.424. The number of rotatable bonds is 4. The van der Waals surface area contributed by atoms with Gasteiger partial charge in [-0.1, -0.05) is 19.1 Å². The average Bonchev–Trinajstić information content (AvgIpc) is 2.83. The zero-order chi connectivity index (χ0) is 14.8.